The number of carbonyl (C=O) groups is 1. The van der Waals surface area contributed by atoms with E-state index in [-0.39, 0.29) is 17.1 Å². The van der Waals surface area contributed by atoms with Gasteiger partial charge in [0.15, 0.2) is 10.9 Å². The maximum absolute atomic E-state index is 13.2. The van der Waals surface area contributed by atoms with Gasteiger partial charge in [0.05, 0.1) is 23.3 Å². The van der Waals surface area contributed by atoms with Crippen molar-refractivity contribution >= 4 is 34.2 Å². The van der Waals surface area contributed by atoms with Gasteiger partial charge in [0.25, 0.3) is 5.56 Å². The molecule has 0 aliphatic carbocycles. The second-order valence-electron chi connectivity index (χ2n) is 8.92. The molecule has 0 aliphatic rings. The van der Waals surface area contributed by atoms with E-state index in [4.69, 9.17) is 4.74 Å². The third-order valence-electron chi connectivity index (χ3n) is 6.13. The molecule has 0 saturated heterocycles. The number of carbonyl (C=O) groups excluding carboxylic acids is 1. The van der Waals surface area contributed by atoms with E-state index in [2.05, 4.69) is 28.6 Å². The van der Waals surface area contributed by atoms with Crippen LogP contribution in [0.3, 0.4) is 0 Å². The average molecular weight is 482 g/mol. The second kappa shape index (κ2) is 10.1. The highest BCUT2D eigenvalue weighted by Gasteiger charge is 2.20. The Kier molecular flexibility index (Phi) is 7.23. The summed E-state index contributed by atoms with van der Waals surface area (Å²) in [5.41, 5.74) is 3.39. The fraction of sp³-hybridized carbons (Fsp3) is 0.440. The molecule has 180 valence electrons. The topological polar surface area (TPSA) is 83.4 Å². The molecule has 3 aromatic heterocycles. The van der Waals surface area contributed by atoms with Gasteiger partial charge in [-0.3, -0.25) is 18.6 Å². The largest absolute Gasteiger partial charge is 0.383 e. The number of Topliss-reactive ketones (excluding diaryl/α,β-unsaturated/α-hetero) is 1. The normalized spacial score (nSPS) is 11.8. The molecular formula is C25H31N5O3S. The van der Waals surface area contributed by atoms with E-state index >= 15 is 0 Å². The maximum Gasteiger partial charge on any atom is 0.262 e. The zero-order valence-electron chi connectivity index (χ0n) is 20.4. The molecule has 3 heterocycles. The smallest absolute Gasteiger partial charge is 0.262 e. The van der Waals surface area contributed by atoms with Crippen molar-refractivity contribution in [2.24, 2.45) is 5.92 Å². The summed E-state index contributed by atoms with van der Waals surface area (Å²) in [6.07, 6.45) is 0.862. The Hall–Kier alpha value is -2.91. The molecule has 4 aromatic rings. The molecule has 0 atom stereocenters. The molecule has 8 nitrogen and oxygen atoms in total. The highest BCUT2D eigenvalue weighted by Crippen LogP contribution is 2.24. The minimum atomic E-state index is -0.0627. The molecule has 1 aromatic carbocycles. The number of aryl methyl sites for hydroxylation is 2. The number of ether oxygens (including phenoxy) is 1. The Morgan fingerprint density at radius 3 is 2.62 bits per heavy atom. The van der Waals surface area contributed by atoms with Gasteiger partial charge in [-0.1, -0.05) is 37.7 Å². The van der Waals surface area contributed by atoms with Crippen LogP contribution in [0.2, 0.25) is 0 Å². The molecule has 0 unspecified atom stereocenters. The molecular weight excluding hydrogens is 450 g/mol. The predicted molar refractivity (Wildman–Crippen MR) is 135 cm³/mol. The number of hydrogen-bond acceptors (Lipinski definition) is 6. The first-order chi connectivity index (χ1) is 16.3. The van der Waals surface area contributed by atoms with Crippen LogP contribution in [0, 0.1) is 19.8 Å². The second-order valence-corrected chi connectivity index (χ2v) is 9.86. The quantitative estimate of drug-likeness (QED) is 0.250. The van der Waals surface area contributed by atoms with Gasteiger partial charge in [0.2, 0.25) is 5.78 Å². The number of rotatable bonds is 10. The van der Waals surface area contributed by atoms with Gasteiger partial charge in [-0.25, -0.2) is 0 Å². The average Bonchev–Trinajstić information content (AvgIpc) is 3.36. The minimum absolute atomic E-state index is 0.0379. The fourth-order valence-electron chi connectivity index (χ4n) is 4.23. The summed E-state index contributed by atoms with van der Waals surface area (Å²) < 4.78 is 10.9. The van der Waals surface area contributed by atoms with Gasteiger partial charge in [-0.05, 0) is 44.4 Å². The molecule has 0 N–H and O–H groups in total. The van der Waals surface area contributed by atoms with E-state index in [1.807, 2.05) is 48.6 Å². The lowest BCUT2D eigenvalue weighted by Crippen LogP contribution is -2.24. The lowest BCUT2D eigenvalue weighted by molar-refractivity contribution is 0.102. The van der Waals surface area contributed by atoms with Crippen LogP contribution in [0.1, 0.15) is 42.0 Å². The van der Waals surface area contributed by atoms with Crippen molar-refractivity contribution in [2.45, 2.75) is 52.4 Å². The summed E-state index contributed by atoms with van der Waals surface area (Å²) in [7, 11) is 1.67. The molecule has 9 heteroatoms. The SMILES string of the molecule is COCCn1c(C)cc(C(=O)CSc2nnc3n(CCC(C)C)c(=O)c4ccccc4n23)c1C. The Bertz CT molecular complexity index is 1400. The van der Waals surface area contributed by atoms with E-state index in [0.717, 1.165) is 23.3 Å². The van der Waals surface area contributed by atoms with Crippen LogP contribution in [0.15, 0.2) is 40.3 Å². The van der Waals surface area contributed by atoms with Crippen molar-refractivity contribution in [2.75, 3.05) is 19.5 Å². The molecule has 34 heavy (non-hydrogen) atoms. The number of benzene rings is 1. The zero-order chi connectivity index (χ0) is 24.4. The molecule has 4 rings (SSSR count). The Balaban J connectivity index is 1.67. The van der Waals surface area contributed by atoms with Crippen LogP contribution in [0.5, 0.6) is 0 Å². The predicted octanol–water partition coefficient (Wildman–Crippen LogP) is 4.13. The highest BCUT2D eigenvalue weighted by molar-refractivity contribution is 7.99. The lowest BCUT2D eigenvalue weighted by atomic mass is 10.1. The summed E-state index contributed by atoms with van der Waals surface area (Å²) >= 11 is 1.35. The standard InChI is InChI=1S/C25H31N5O3S/c1-16(2)10-11-29-23(32)19-8-6-7-9-21(19)30-24(29)26-27-25(30)34-15-22(31)20-14-17(3)28(18(20)4)12-13-33-5/h6-9,14,16H,10-13,15H2,1-5H3. The van der Waals surface area contributed by atoms with Gasteiger partial charge >= 0.3 is 0 Å². The number of fused-ring (bicyclic) bond motifs is 3. The first kappa shape index (κ1) is 24.2. The Morgan fingerprint density at radius 2 is 1.88 bits per heavy atom. The van der Waals surface area contributed by atoms with E-state index in [1.54, 1.807) is 11.7 Å². The van der Waals surface area contributed by atoms with Crippen LogP contribution in [-0.2, 0) is 17.8 Å². The van der Waals surface area contributed by atoms with Crippen LogP contribution in [0.25, 0.3) is 16.7 Å². The van der Waals surface area contributed by atoms with Crippen molar-refractivity contribution in [1.82, 2.24) is 23.7 Å². The van der Waals surface area contributed by atoms with Crippen LogP contribution >= 0.6 is 11.8 Å². The molecule has 0 saturated carbocycles. The van der Waals surface area contributed by atoms with Gasteiger partial charge in [-0.15, -0.1) is 10.2 Å². The summed E-state index contributed by atoms with van der Waals surface area (Å²) in [4.78, 5) is 26.3. The molecule has 0 amide bonds. The highest BCUT2D eigenvalue weighted by atomic mass is 32.2. The van der Waals surface area contributed by atoms with Gasteiger partial charge in [-0.2, -0.15) is 0 Å². The van der Waals surface area contributed by atoms with Crippen LogP contribution in [0.4, 0.5) is 0 Å². The molecule has 0 fully saturated rings. The van der Waals surface area contributed by atoms with Crippen LogP contribution < -0.4 is 5.56 Å². The number of nitrogens with zero attached hydrogens (tertiary/aromatic N) is 5. The third-order valence-corrected chi connectivity index (χ3v) is 7.06. The minimum Gasteiger partial charge on any atom is -0.383 e. The van der Waals surface area contributed by atoms with Crippen molar-refractivity contribution < 1.29 is 9.53 Å². The van der Waals surface area contributed by atoms with E-state index in [0.29, 0.717) is 47.5 Å². The monoisotopic (exact) mass is 481 g/mol. The molecule has 0 bridgehead atoms. The summed E-state index contributed by atoms with van der Waals surface area (Å²) in [5.74, 6) is 1.23. The van der Waals surface area contributed by atoms with Crippen molar-refractivity contribution in [3.05, 3.63) is 57.6 Å². The van der Waals surface area contributed by atoms with Crippen molar-refractivity contribution in [3.8, 4) is 0 Å². The number of thioether (sulfide) groups is 1. The van der Waals surface area contributed by atoms with Crippen molar-refractivity contribution in [3.63, 3.8) is 0 Å². The van der Waals surface area contributed by atoms with E-state index < -0.39 is 0 Å². The molecule has 0 spiro atoms. The number of aromatic nitrogens is 5. The Morgan fingerprint density at radius 1 is 1.12 bits per heavy atom. The number of para-hydroxylation sites is 1. The van der Waals surface area contributed by atoms with Gasteiger partial charge < -0.3 is 9.30 Å². The first-order valence-corrected chi connectivity index (χ1v) is 12.5. The van der Waals surface area contributed by atoms with Gasteiger partial charge in [0.1, 0.15) is 0 Å². The lowest BCUT2D eigenvalue weighted by Gasteiger charge is -2.12. The fourth-order valence-corrected chi connectivity index (χ4v) is 5.06. The number of hydrogen-bond donors (Lipinski definition) is 0. The van der Waals surface area contributed by atoms with Crippen molar-refractivity contribution in [1.29, 1.82) is 0 Å². The molecule has 0 aliphatic heterocycles. The first-order valence-electron chi connectivity index (χ1n) is 11.5. The van der Waals surface area contributed by atoms with E-state index in [1.165, 1.54) is 11.8 Å². The third kappa shape index (κ3) is 4.54. The maximum atomic E-state index is 13.2. The zero-order valence-corrected chi connectivity index (χ0v) is 21.2. The summed E-state index contributed by atoms with van der Waals surface area (Å²) in [6.45, 7) is 10.1. The van der Waals surface area contributed by atoms with E-state index in [9.17, 15) is 9.59 Å². The van der Waals surface area contributed by atoms with Crippen LogP contribution in [-0.4, -0.2) is 49.0 Å². The Labute approximate surface area is 202 Å². The number of methoxy groups -OCH3 is 1. The molecule has 0 radical (unpaired) electrons. The summed E-state index contributed by atoms with van der Waals surface area (Å²) in [6, 6.07) is 9.43. The van der Waals surface area contributed by atoms with Gasteiger partial charge in [0, 0.05) is 37.2 Å². The summed E-state index contributed by atoms with van der Waals surface area (Å²) in [5, 5.41) is 9.94. The number of ketones is 1.